The molecular weight excluding hydrogens is 203 g/mol. The first-order valence-electron chi connectivity index (χ1n) is 3.01. The second-order valence-corrected chi connectivity index (χ2v) is 4.03. The van der Waals surface area contributed by atoms with Gasteiger partial charge in [0, 0.05) is 11.8 Å². The molecule has 0 saturated heterocycles. The van der Waals surface area contributed by atoms with Crippen LogP contribution in [-0.4, -0.2) is 16.0 Å². The number of ketones is 1. The zero-order valence-electron chi connectivity index (χ0n) is 4.94. The highest BCUT2D eigenvalue weighted by molar-refractivity contribution is 9.10. The van der Waals surface area contributed by atoms with Crippen LogP contribution < -0.4 is 0 Å². The molecule has 9 heavy (non-hydrogen) atoms. The average Bonchev–Trinajstić information content (AvgIpc) is 1.80. The van der Waals surface area contributed by atoms with E-state index in [1.165, 1.54) is 0 Å². The Balaban J connectivity index is 2.44. The Labute approximate surface area is 67.9 Å². The average molecular weight is 211 g/mol. The molecule has 0 spiro atoms. The summed E-state index contributed by atoms with van der Waals surface area (Å²) in [4.78, 5) is 10.9. The monoisotopic (exact) mass is 210 g/mol. The molecule has 1 aliphatic rings. The third kappa shape index (κ3) is 1.94. The Bertz CT molecular complexity index is 126. The molecule has 1 aliphatic carbocycles. The van der Waals surface area contributed by atoms with Crippen LogP contribution in [0.15, 0.2) is 0 Å². The third-order valence-corrected chi connectivity index (χ3v) is 2.80. The normalized spacial score (nSPS) is 36.9. The lowest BCUT2D eigenvalue weighted by atomic mass is 9.99. The van der Waals surface area contributed by atoms with Gasteiger partial charge in [0.05, 0.1) is 4.83 Å². The van der Waals surface area contributed by atoms with Crippen molar-refractivity contribution in [1.82, 2.24) is 0 Å². The summed E-state index contributed by atoms with van der Waals surface area (Å²) in [5.74, 6) is 0.298. The zero-order valence-corrected chi connectivity index (χ0v) is 7.28. The predicted octanol–water partition coefficient (Wildman–Crippen LogP) is 2.11. The first kappa shape index (κ1) is 7.55. The Morgan fingerprint density at radius 2 is 2.33 bits per heavy atom. The molecule has 2 unspecified atom stereocenters. The SMILES string of the molecule is O=C1CCC(Cl)CC1Br. The van der Waals surface area contributed by atoms with E-state index in [4.69, 9.17) is 11.6 Å². The van der Waals surface area contributed by atoms with E-state index in [2.05, 4.69) is 15.9 Å². The zero-order chi connectivity index (χ0) is 6.85. The molecule has 1 saturated carbocycles. The highest BCUT2D eigenvalue weighted by Gasteiger charge is 2.24. The molecule has 0 aromatic carbocycles. The standard InChI is InChI=1S/C6H8BrClO/c7-5-3-4(8)1-2-6(5)9/h4-5H,1-3H2. The second kappa shape index (κ2) is 3.02. The second-order valence-electron chi connectivity index (χ2n) is 2.31. The van der Waals surface area contributed by atoms with Gasteiger partial charge in [-0.15, -0.1) is 11.6 Å². The van der Waals surface area contributed by atoms with Gasteiger partial charge in [-0.2, -0.15) is 0 Å². The lowest BCUT2D eigenvalue weighted by molar-refractivity contribution is -0.119. The van der Waals surface area contributed by atoms with Crippen LogP contribution in [0.5, 0.6) is 0 Å². The first-order valence-corrected chi connectivity index (χ1v) is 4.36. The van der Waals surface area contributed by atoms with E-state index in [1.807, 2.05) is 0 Å². The molecule has 52 valence electrons. The first-order chi connectivity index (χ1) is 4.20. The van der Waals surface area contributed by atoms with Gasteiger partial charge in [-0.05, 0) is 12.8 Å². The Hall–Kier alpha value is 0.440. The molecule has 0 heterocycles. The molecule has 1 fully saturated rings. The summed E-state index contributed by atoms with van der Waals surface area (Å²) in [6, 6.07) is 0. The molecule has 0 aliphatic heterocycles. The predicted molar refractivity (Wildman–Crippen MR) is 41.2 cm³/mol. The summed E-state index contributed by atoms with van der Waals surface area (Å²) in [6.07, 6.45) is 2.28. The number of halogens is 2. The minimum absolute atomic E-state index is 0.0220. The van der Waals surface area contributed by atoms with Crippen molar-refractivity contribution in [2.45, 2.75) is 29.5 Å². The molecule has 0 radical (unpaired) electrons. The van der Waals surface area contributed by atoms with Gasteiger partial charge < -0.3 is 0 Å². The van der Waals surface area contributed by atoms with Gasteiger partial charge in [-0.25, -0.2) is 0 Å². The molecule has 0 bridgehead atoms. The van der Waals surface area contributed by atoms with Crippen LogP contribution >= 0.6 is 27.5 Å². The maximum atomic E-state index is 10.8. The van der Waals surface area contributed by atoms with Crippen molar-refractivity contribution in [2.24, 2.45) is 0 Å². The van der Waals surface area contributed by atoms with E-state index >= 15 is 0 Å². The van der Waals surface area contributed by atoms with Gasteiger partial charge in [-0.3, -0.25) is 4.79 Å². The fourth-order valence-electron chi connectivity index (χ4n) is 0.929. The fraction of sp³-hybridized carbons (Fsp3) is 0.833. The Morgan fingerprint density at radius 3 is 2.78 bits per heavy atom. The van der Waals surface area contributed by atoms with Gasteiger partial charge in [-0.1, -0.05) is 15.9 Å². The van der Waals surface area contributed by atoms with E-state index in [1.54, 1.807) is 0 Å². The minimum atomic E-state index is 0.0220. The van der Waals surface area contributed by atoms with Gasteiger partial charge in [0.2, 0.25) is 0 Å². The quantitative estimate of drug-likeness (QED) is 0.561. The summed E-state index contributed by atoms with van der Waals surface area (Å²) in [5, 5.41) is 0.201. The number of carbonyl (C=O) groups is 1. The van der Waals surface area contributed by atoms with Gasteiger partial charge >= 0.3 is 0 Å². The summed E-state index contributed by atoms with van der Waals surface area (Å²) >= 11 is 9.05. The maximum absolute atomic E-state index is 10.8. The van der Waals surface area contributed by atoms with Crippen molar-refractivity contribution in [1.29, 1.82) is 0 Å². The number of rotatable bonds is 0. The lowest BCUT2D eigenvalue weighted by Gasteiger charge is -2.18. The summed E-state index contributed by atoms with van der Waals surface area (Å²) in [6.45, 7) is 0. The summed E-state index contributed by atoms with van der Waals surface area (Å²) in [5.41, 5.74) is 0. The van der Waals surface area contributed by atoms with Crippen molar-refractivity contribution in [2.75, 3.05) is 0 Å². The van der Waals surface area contributed by atoms with Crippen molar-refractivity contribution in [3.05, 3.63) is 0 Å². The Kier molecular flexibility index (Phi) is 2.53. The van der Waals surface area contributed by atoms with Crippen molar-refractivity contribution in [3.63, 3.8) is 0 Å². The number of carbonyl (C=O) groups excluding carboxylic acids is 1. The molecule has 0 amide bonds. The van der Waals surface area contributed by atoms with Crippen LogP contribution in [0.25, 0.3) is 0 Å². The minimum Gasteiger partial charge on any atom is -0.298 e. The highest BCUT2D eigenvalue weighted by atomic mass is 79.9. The van der Waals surface area contributed by atoms with Crippen molar-refractivity contribution < 1.29 is 4.79 Å². The molecule has 0 aromatic rings. The highest BCUT2D eigenvalue weighted by Crippen LogP contribution is 2.24. The fourth-order valence-corrected chi connectivity index (χ4v) is 2.11. The van der Waals surface area contributed by atoms with E-state index in [0.29, 0.717) is 12.2 Å². The van der Waals surface area contributed by atoms with Crippen LogP contribution in [0.3, 0.4) is 0 Å². The number of Topliss-reactive ketones (excluding diaryl/α,β-unsaturated/α-hetero) is 1. The number of alkyl halides is 2. The van der Waals surface area contributed by atoms with Crippen LogP contribution in [0.2, 0.25) is 0 Å². The van der Waals surface area contributed by atoms with Crippen molar-refractivity contribution in [3.8, 4) is 0 Å². The van der Waals surface area contributed by atoms with Crippen molar-refractivity contribution >= 4 is 33.3 Å². The topological polar surface area (TPSA) is 17.1 Å². The lowest BCUT2D eigenvalue weighted by Crippen LogP contribution is -2.24. The summed E-state index contributed by atoms with van der Waals surface area (Å²) in [7, 11) is 0. The maximum Gasteiger partial charge on any atom is 0.146 e. The number of hydrogen-bond acceptors (Lipinski definition) is 1. The molecule has 3 heteroatoms. The smallest absolute Gasteiger partial charge is 0.146 e. The van der Waals surface area contributed by atoms with E-state index < -0.39 is 0 Å². The molecule has 0 aromatic heterocycles. The van der Waals surface area contributed by atoms with Gasteiger partial charge in [0.25, 0.3) is 0 Å². The molecule has 2 atom stereocenters. The number of hydrogen-bond donors (Lipinski definition) is 0. The molecule has 0 N–H and O–H groups in total. The van der Waals surface area contributed by atoms with Crippen LogP contribution in [-0.2, 0) is 4.79 Å². The summed E-state index contributed by atoms with van der Waals surface area (Å²) < 4.78 is 0. The van der Waals surface area contributed by atoms with Crippen LogP contribution in [0.1, 0.15) is 19.3 Å². The molecule has 1 rings (SSSR count). The van der Waals surface area contributed by atoms with E-state index in [0.717, 1.165) is 12.8 Å². The third-order valence-electron chi connectivity index (χ3n) is 1.52. The van der Waals surface area contributed by atoms with E-state index in [9.17, 15) is 4.79 Å². The van der Waals surface area contributed by atoms with Gasteiger partial charge in [0.1, 0.15) is 5.78 Å². The molecule has 1 nitrogen and oxygen atoms in total. The van der Waals surface area contributed by atoms with Gasteiger partial charge in [0.15, 0.2) is 0 Å². The Morgan fingerprint density at radius 1 is 1.67 bits per heavy atom. The molecular formula is C6H8BrClO. The van der Waals surface area contributed by atoms with Crippen LogP contribution in [0.4, 0.5) is 0 Å². The van der Waals surface area contributed by atoms with Crippen LogP contribution in [0, 0.1) is 0 Å². The van der Waals surface area contributed by atoms with E-state index in [-0.39, 0.29) is 10.2 Å². The largest absolute Gasteiger partial charge is 0.298 e.